The largest absolute Gasteiger partial charge is 0.469 e. The minimum atomic E-state index is -0.151. The maximum atomic E-state index is 13.2. The van der Waals surface area contributed by atoms with Crippen LogP contribution < -0.4 is 0 Å². The maximum absolute atomic E-state index is 13.2. The summed E-state index contributed by atoms with van der Waals surface area (Å²) in [6.07, 6.45) is 6.73. The second-order valence-corrected chi connectivity index (χ2v) is 9.24. The number of esters is 1. The number of amides is 1. The van der Waals surface area contributed by atoms with Gasteiger partial charge in [0.05, 0.1) is 13.0 Å². The number of ether oxygens (including phenoxy) is 1. The molecule has 6 atom stereocenters. The molecule has 1 heterocycles. The van der Waals surface area contributed by atoms with Gasteiger partial charge in [0.1, 0.15) is 0 Å². The fourth-order valence-electron chi connectivity index (χ4n) is 6.83. The first-order valence-corrected chi connectivity index (χ1v) is 9.84. The van der Waals surface area contributed by atoms with Gasteiger partial charge < -0.3 is 9.64 Å². The smallest absolute Gasteiger partial charge is 0.309 e. The van der Waals surface area contributed by atoms with E-state index in [1.165, 1.54) is 7.11 Å². The van der Waals surface area contributed by atoms with Crippen LogP contribution in [0.25, 0.3) is 0 Å². The number of carbonyl (C=O) groups excluding carboxylic acids is 3. The van der Waals surface area contributed by atoms with E-state index in [1.54, 1.807) is 18.0 Å². The highest BCUT2D eigenvalue weighted by Gasteiger charge is 2.62. The number of fused-ring (bicyclic) bond motifs is 5. The SMILES string of the molecule is COC(=O)C1CC[C@H]2[C@@H]3C(=O)C=C4N(C)C(=O)CC[C@]4(C)[C@@H]3CC[C@]12C. The number of rotatable bonds is 1. The highest BCUT2D eigenvalue weighted by Crippen LogP contribution is 2.65. The first-order chi connectivity index (χ1) is 12.2. The van der Waals surface area contributed by atoms with Crippen molar-refractivity contribution in [1.29, 1.82) is 0 Å². The van der Waals surface area contributed by atoms with Gasteiger partial charge in [-0.3, -0.25) is 14.4 Å². The summed E-state index contributed by atoms with van der Waals surface area (Å²) < 4.78 is 5.06. The molecule has 3 fully saturated rings. The molecule has 5 nitrogen and oxygen atoms in total. The van der Waals surface area contributed by atoms with Crippen LogP contribution in [0.2, 0.25) is 0 Å². The third-order valence-corrected chi connectivity index (χ3v) is 8.36. The van der Waals surface area contributed by atoms with Gasteiger partial charge in [-0.05, 0) is 49.4 Å². The Bertz CT molecular complexity index is 713. The topological polar surface area (TPSA) is 63.7 Å². The molecule has 1 aliphatic heterocycles. The van der Waals surface area contributed by atoms with Crippen LogP contribution in [0.3, 0.4) is 0 Å². The van der Waals surface area contributed by atoms with Crippen LogP contribution in [0.1, 0.15) is 52.4 Å². The summed E-state index contributed by atoms with van der Waals surface area (Å²) >= 11 is 0. The average molecular weight is 359 g/mol. The van der Waals surface area contributed by atoms with Gasteiger partial charge in [0, 0.05) is 36.6 Å². The number of methoxy groups -OCH3 is 1. The van der Waals surface area contributed by atoms with Crippen LogP contribution in [-0.2, 0) is 19.1 Å². The second kappa shape index (κ2) is 5.67. The lowest BCUT2D eigenvalue weighted by atomic mass is 9.48. The van der Waals surface area contributed by atoms with Crippen molar-refractivity contribution in [3.63, 3.8) is 0 Å². The highest BCUT2D eigenvalue weighted by atomic mass is 16.5. The quantitative estimate of drug-likeness (QED) is 0.675. The molecule has 3 aliphatic carbocycles. The summed E-state index contributed by atoms with van der Waals surface area (Å²) in [5.41, 5.74) is 0.639. The predicted octanol–water partition coefficient (Wildman–Crippen LogP) is 2.94. The summed E-state index contributed by atoms with van der Waals surface area (Å²) in [6, 6.07) is 0. The second-order valence-electron chi connectivity index (χ2n) is 9.24. The number of hydrogen-bond acceptors (Lipinski definition) is 4. The Morgan fingerprint density at radius 3 is 2.58 bits per heavy atom. The molecule has 0 radical (unpaired) electrons. The number of likely N-dealkylation sites (tertiary alicyclic amines) is 1. The summed E-state index contributed by atoms with van der Waals surface area (Å²) in [7, 11) is 3.26. The molecule has 1 amide bonds. The van der Waals surface area contributed by atoms with Crippen molar-refractivity contribution in [3.05, 3.63) is 11.8 Å². The monoisotopic (exact) mass is 359 g/mol. The Labute approximate surface area is 155 Å². The van der Waals surface area contributed by atoms with Gasteiger partial charge in [0.15, 0.2) is 5.78 Å². The lowest BCUT2D eigenvalue weighted by Gasteiger charge is -2.57. The van der Waals surface area contributed by atoms with Crippen LogP contribution in [0, 0.1) is 34.5 Å². The molecule has 4 rings (SSSR count). The fourth-order valence-corrected chi connectivity index (χ4v) is 6.83. The molecule has 2 saturated carbocycles. The van der Waals surface area contributed by atoms with E-state index in [9.17, 15) is 14.4 Å². The molecule has 0 bridgehead atoms. The number of allylic oxidation sites excluding steroid dienone is 2. The van der Waals surface area contributed by atoms with Crippen molar-refractivity contribution in [3.8, 4) is 0 Å². The van der Waals surface area contributed by atoms with Crippen molar-refractivity contribution in [2.75, 3.05) is 14.2 Å². The maximum Gasteiger partial charge on any atom is 0.309 e. The van der Waals surface area contributed by atoms with E-state index < -0.39 is 0 Å². The first-order valence-electron chi connectivity index (χ1n) is 9.84. The van der Waals surface area contributed by atoms with E-state index in [4.69, 9.17) is 4.74 Å². The van der Waals surface area contributed by atoms with Crippen molar-refractivity contribution in [1.82, 2.24) is 4.90 Å². The minimum absolute atomic E-state index is 0.0289. The number of ketones is 1. The highest BCUT2D eigenvalue weighted by molar-refractivity contribution is 5.96. The Morgan fingerprint density at radius 2 is 1.88 bits per heavy atom. The molecule has 0 aromatic carbocycles. The zero-order valence-corrected chi connectivity index (χ0v) is 16.2. The Hall–Kier alpha value is -1.65. The van der Waals surface area contributed by atoms with Gasteiger partial charge in [0.25, 0.3) is 0 Å². The lowest BCUT2D eigenvalue weighted by Crippen LogP contribution is -2.56. The zero-order valence-electron chi connectivity index (χ0n) is 16.2. The van der Waals surface area contributed by atoms with E-state index in [1.807, 2.05) is 0 Å². The van der Waals surface area contributed by atoms with E-state index in [0.717, 1.165) is 37.8 Å². The standard InChI is InChI=1S/C21H29NO4/c1-20-9-7-13-18(12(20)5-6-14(20)19(25)26-4)15(23)11-16-21(13,2)10-8-17(24)22(16)3/h11-14,18H,5-10H2,1-4H3/t12-,13+,14?,18-,20-,21+/m0/s1. The summed E-state index contributed by atoms with van der Waals surface area (Å²) in [4.78, 5) is 39.4. The molecule has 26 heavy (non-hydrogen) atoms. The fraction of sp³-hybridized carbons (Fsp3) is 0.762. The summed E-state index contributed by atoms with van der Waals surface area (Å²) in [5.74, 6) is 0.508. The van der Waals surface area contributed by atoms with Gasteiger partial charge in [-0.2, -0.15) is 0 Å². The van der Waals surface area contributed by atoms with Crippen LogP contribution in [0.15, 0.2) is 11.8 Å². The molecule has 1 saturated heterocycles. The number of nitrogens with zero attached hydrogens (tertiary/aromatic N) is 1. The Balaban J connectivity index is 1.74. The molecular weight excluding hydrogens is 330 g/mol. The molecule has 5 heteroatoms. The van der Waals surface area contributed by atoms with Crippen LogP contribution >= 0.6 is 0 Å². The van der Waals surface area contributed by atoms with Crippen molar-refractivity contribution >= 4 is 17.7 Å². The molecule has 4 aliphatic rings. The van der Waals surface area contributed by atoms with E-state index in [2.05, 4.69) is 13.8 Å². The van der Waals surface area contributed by atoms with Crippen molar-refractivity contribution < 1.29 is 19.1 Å². The van der Waals surface area contributed by atoms with Gasteiger partial charge in [-0.1, -0.05) is 13.8 Å². The van der Waals surface area contributed by atoms with E-state index in [0.29, 0.717) is 6.42 Å². The van der Waals surface area contributed by atoms with Crippen LogP contribution in [0.4, 0.5) is 0 Å². The minimum Gasteiger partial charge on any atom is -0.469 e. The van der Waals surface area contributed by atoms with E-state index in [-0.39, 0.29) is 52.2 Å². The number of carbonyl (C=O) groups is 3. The lowest BCUT2D eigenvalue weighted by molar-refractivity contribution is -0.156. The average Bonchev–Trinajstić information content (AvgIpc) is 2.97. The van der Waals surface area contributed by atoms with Crippen molar-refractivity contribution in [2.45, 2.75) is 52.4 Å². The number of hydrogen-bond donors (Lipinski definition) is 0. The van der Waals surface area contributed by atoms with Crippen molar-refractivity contribution in [2.24, 2.45) is 34.5 Å². The summed E-state index contributed by atoms with van der Waals surface area (Å²) in [5, 5.41) is 0. The van der Waals surface area contributed by atoms with Gasteiger partial charge in [-0.15, -0.1) is 0 Å². The van der Waals surface area contributed by atoms with Gasteiger partial charge in [-0.25, -0.2) is 0 Å². The zero-order chi connectivity index (χ0) is 18.9. The molecule has 0 spiro atoms. The predicted molar refractivity (Wildman–Crippen MR) is 95.8 cm³/mol. The third-order valence-electron chi connectivity index (χ3n) is 8.36. The first kappa shape index (κ1) is 17.7. The van der Waals surface area contributed by atoms with Gasteiger partial charge in [0.2, 0.25) is 5.91 Å². The summed E-state index contributed by atoms with van der Waals surface area (Å²) in [6.45, 7) is 4.43. The van der Waals surface area contributed by atoms with Crippen LogP contribution in [0.5, 0.6) is 0 Å². The molecule has 0 aromatic rings. The molecule has 0 N–H and O–H groups in total. The number of piperidine rings is 1. The molecule has 142 valence electrons. The molecule has 1 unspecified atom stereocenters. The normalized spacial score (nSPS) is 44.8. The molecular formula is C21H29NO4. The Morgan fingerprint density at radius 1 is 1.15 bits per heavy atom. The van der Waals surface area contributed by atoms with E-state index >= 15 is 0 Å². The van der Waals surface area contributed by atoms with Gasteiger partial charge >= 0.3 is 5.97 Å². The van der Waals surface area contributed by atoms with Crippen LogP contribution in [-0.4, -0.2) is 36.7 Å². The Kier molecular flexibility index (Phi) is 3.87. The molecule has 0 aromatic heterocycles. The third kappa shape index (κ3) is 2.12.